The SMILES string of the molecule is Cc1nc(S(=O)(=O)N2CCC(C(O)C(F)(F)F)CC2)cn1C. The van der Waals surface area contributed by atoms with E-state index in [1.165, 1.54) is 6.20 Å². The number of alkyl halides is 3. The van der Waals surface area contributed by atoms with Gasteiger partial charge in [0.15, 0.2) is 11.1 Å². The van der Waals surface area contributed by atoms with Crippen LogP contribution in [0.5, 0.6) is 0 Å². The number of imidazole rings is 1. The minimum absolute atomic E-state index is 0.0360. The second-order valence-corrected chi connectivity index (χ2v) is 7.35. The Kier molecular flexibility index (Phi) is 4.56. The van der Waals surface area contributed by atoms with Crippen molar-refractivity contribution >= 4 is 10.0 Å². The number of hydrogen-bond acceptors (Lipinski definition) is 4. The molecule has 1 N–H and O–H groups in total. The summed E-state index contributed by atoms with van der Waals surface area (Å²) in [5, 5.41) is 9.14. The van der Waals surface area contributed by atoms with E-state index in [0.29, 0.717) is 5.82 Å². The molecule has 22 heavy (non-hydrogen) atoms. The highest BCUT2D eigenvalue weighted by atomic mass is 32.2. The van der Waals surface area contributed by atoms with E-state index in [9.17, 15) is 26.7 Å². The third kappa shape index (κ3) is 3.28. The van der Waals surface area contributed by atoms with Gasteiger partial charge in [0.05, 0.1) is 0 Å². The number of rotatable bonds is 3. The molecule has 0 aliphatic carbocycles. The number of nitrogens with zero attached hydrogens (tertiary/aromatic N) is 3. The van der Waals surface area contributed by atoms with Crippen molar-refractivity contribution in [3.63, 3.8) is 0 Å². The van der Waals surface area contributed by atoms with Crippen LogP contribution in [0.2, 0.25) is 0 Å². The van der Waals surface area contributed by atoms with Gasteiger partial charge in [0, 0.05) is 26.3 Å². The molecule has 0 bridgehead atoms. The number of hydrogen-bond donors (Lipinski definition) is 1. The molecule has 1 aliphatic rings. The number of aliphatic hydroxyl groups excluding tert-OH is 1. The first-order chi connectivity index (χ1) is 10.0. The Morgan fingerprint density at radius 3 is 2.32 bits per heavy atom. The molecule has 0 spiro atoms. The van der Waals surface area contributed by atoms with Crippen molar-refractivity contribution in [2.24, 2.45) is 13.0 Å². The van der Waals surface area contributed by atoms with Gasteiger partial charge < -0.3 is 9.67 Å². The van der Waals surface area contributed by atoms with E-state index in [1.807, 2.05) is 0 Å². The van der Waals surface area contributed by atoms with Gasteiger partial charge in [-0.15, -0.1) is 0 Å². The van der Waals surface area contributed by atoms with Gasteiger partial charge in [-0.3, -0.25) is 0 Å². The van der Waals surface area contributed by atoms with Crippen molar-refractivity contribution in [3.8, 4) is 0 Å². The number of piperidine rings is 1. The first kappa shape index (κ1) is 17.2. The Bertz CT molecular complexity index is 614. The smallest absolute Gasteiger partial charge is 0.383 e. The van der Waals surface area contributed by atoms with Crippen molar-refractivity contribution < 1.29 is 26.7 Å². The van der Waals surface area contributed by atoms with Crippen LogP contribution in [0.3, 0.4) is 0 Å². The molecular formula is C12H18F3N3O3S. The van der Waals surface area contributed by atoms with E-state index in [-0.39, 0.29) is 31.0 Å². The molecule has 6 nitrogen and oxygen atoms in total. The van der Waals surface area contributed by atoms with Crippen LogP contribution in [0.15, 0.2) is 11.2 Å². The first-order valence-corrected chi connectivity index (χ1v) is 8.22. The third-order valence-electron chi connectivity index (χ3n) is 3.97. The number of aliphatic hydroxyl groups is 1. The Hall–Kier alpha value is -1.13. The second-order valence-electron chi connectivity index (χ2n) is 5.47. The standard InChI is InChI=1S/C12H18F3N3O3S/c1-8-16-10(7-17(8)2)22(20,21)18-5-3-9(4-6-18)11(19)12(13,14)15/h7,9,11,19H,3-6H2,1-2H3. The summed E-state index contributed by atoms with van der Waals surface area (Å²) >= 11 is 0. The number of aromatic nitrogens is 2. The lowest BCUT2D eigenvalue weighted by atomic mass is 9.92. The van der Waals surface area contributed by atoms with Gasteiger partial charge >= 0.3 is 6.18 Å². The summed E-state index contributed by atoms with van der Waals surface area (Å²) in [6.45, 7) is 1.54. The summed E-state index contributed by atoms with van der Waals surface area (Å²) < 4.78 is 64.9. The van der Waals surface area contributed by atoms with E-state index >= 15 is 0 Å². The van der Waals surface area contributed by atoms with Crippen LogP contribution in [0.4, 0.5) is 13.2 Å². The van der Waals surface area contributed by atoms with Crippen molar-refractivity contribution in [1.82, 2.24) is 13.9 Å². The maximum Gasteiger partial charge on any atom is 0.414 e. The Labute approximate surface area is 126 Å². The van der Waals surface area contributed by atoms with E-state index in [1.54, 1.807) is 18.5 Å². The largest absolute Gasteiger partial charge is 0.414 e. The van der Waals surface area contributed by atoms with Crippen LogP contribution in [-0.4, -0.2) is 52.8 Å². The highest BCUT2D eigenvalue weighted by Crippen LogP contribution is 2.32. The topological polar surface area (TPSA) is 75.4 Å². The Morgan fingerprint density at radius 2 is 1.91 bits per heavy atom. The average molecular weight is 341 g/mol. The highest BCUT2D eigenvalue weighted by Gasteiger charge is 2.45. The molecule has 1 unspecified atom stereocenters. The van der Waals surface area contributed by atoms with Gasteiger partial charge in [0.25, 0.3) is 10.0 Å². The van der Waals surface area contributed by atoms with Gasteiger partial charge in [0.1, 0.15) is 5.82 Å². The molecule has 1 aromatic rings. The van der Waals surface area contributed by atoms with Crippen LogP contribution in [0.1, 0.15) is 18.7 Å². The van der Waals surface area contributed by atoms with Gasteiger partial charge in [-0.1, -0.05) is 0 Å². The Balaban J connectivity index is 2.08. The molecule has 0 radical (unpaired) electrons. The molecule has 2 heterocycles. The monoisotopic (exact) mass is 341 g/mol. The summed E-state index contributed by atoms with van der Waals surface area (Å²) in [6, 6.07) is 0. The second kappa shape index (κ2) is 5.82. The van der Waals surface area contributed by atoms with Gasteiger partial charge in [-0.25, -0.2) is 13.4 Å². The molecule has 1 atom stereocenters. The molecule has 1 aliphatic heterocycles. The summed E-state index contributed by atoms with van der Waals surface area (Å²) in [4.78, 5) is 3.95. The fourth-order valence-electron chi connectivity index (χ4n) is 2.48. The lowest BCUT2D eigenvalue weighted by Crippen LogP contribution is -2.45. The fraction of sp³-hybridized carbons (Fsp3) is 0.750. The van der Waals surface area contributed by atoms with Crippen LogP contribution in [0, 0.1) is 12.8 Å². The van der Waals surface area contributed by atoms with Crippen molar-refractivity contribution in [1.29, 1.82) is 0 Å². The normalized spacial score (nSPS) is 20.3. The lowest BCUT2D eigenvalue weighted by Gasteiger charge is -2.33. The zero-order valence-electron chi connectivity index (χ0n) is 12.2. The quantitative estimate of drug-likeness (QED) is 0.892. The number of aryl methyl sites for hydroxylation is 2. The molecule has 0 saturated carbocycles. The average Bonchev–Trinajstić information content (AvgIpc) is 2.78. The highest BCUT2D eigenvalue weighted by molar-refractivity contribution is 7.89. The molecule has 1 aromatic heterocycles. The summed E-state index contributed by atoms with van der Waals surface area (Å²) in [7, 11) is -2.15. The maximum atomic E-state index is 12.5. The minimum Gasteiger partial charge on any atom is -0.383 e. The van der Waals surface area contributed by atoms with Crippen molar-refractivity contribution in [3.05, 3.63) is 12.0 Å². The molecule has 126 valence electrons. The van der Waals surface area contributed by atoms with Crippen LogP contribution < -0.4 is 0 Å². The predicted octanol–water partition coefficient (Wildman–Crippen LogP) is 1.05. The van der Waals surface area contributed by atoms with Crippen LogP contribution >= 0.6 is 0 Å². The fourth-order valence-corrected chi connectivity index (χ4v) is 3.98. The maximum absolute atomic E-state index is 12.5. The van der Waals surface area contributed by atoms with Crippen LogP contribution in [0.25, 0.3) is 0 Å². The summed E-state index contributed by atoms with van der Waals surface area (Å²) in [5.74, 6) is -0.446. The molecular weight excluding hydrogens is 323 g/mol. The van der Waals surface area contributed by atoms with Crippen molar-refractivity contribution in [2.75, 3.05) is 13.1 Å². The van der Waals surface area contributed by atoms with E-state index in [4.69, 9.17) is 0 Å². The summed E-state index contributed by atoms with van der Waals surface area (Å²) in [6.07, 6.45) is -5.78. The van der Waals surface area contributed by atoms with Gasteiger partial charge in [0.2, 0.25) is 0 Å². The van der Waals surface area contributed by atoms with E-state index in [2.05, 4.69) is 4.98 Å². The van der Waals surface area contributed by atoms with E-state index < -0.39 is 28.2 Å². The molecule has 10 heteroatoms. The zero-order valence-corrected chi connectivity index (χ0v) is 13.0. The van der Waals surface area contributed by atoms with Gasteiger partial charge in [-0.2, -0.15) is 17.5 Å². The molecule has 1 saturated heterocycles. The number of halogens is 3. The first-order valence-electron chi connectivity index (χ1n) is 6.78. The number of sulfonamides is 1. The predicted molar refractivity (Wildman–Crippen MR) is 71.5 cm³/mol. The molecule has 0 amide bonds. The van der Waals surface area contributed by atoms with Crippen LogP contribution in [-0.2, 0) is 17.1 Å². The lowest BCUT2D eigenvalue weighted by molar-refractivity contribution is -0.222. The molecule has 1 fully saturated rings. The van der Waals surface area contributed by atoms with E-state index in [0.717, 1.165) is 4.31 Å². The molecule has 2 rings (SSSR count). The minimum atomic E-state index is -4.68. The van der Waals surface area contributed by atoms with Crippen molar-refractivity contribution in [2.45, 2.75) is 37.1 Å². The van der Waals surface area contributed by atoms with Gasteiger partial charge in [-0.05, 0) is 25.7 Å². The summed E-state index contributed by atoms with van der Waals surface area (Å²) in [5.41, 5.74) is 0. The third-order valence-corrected chi connectivity index (χ3v) is 5.74. The molecule has 0 aromatic carbocycles. The zero-order chi connectivity index (χ0) is 16.7. The Morgan fingerprint density at radius 1 is 1.36 bits per heavy atom.